The Morgan fingerprint density at radius 3 is 2.41 bits per heavy atom. The first-order valence-corrected chi connectivity index (χ1v) is 6.78. The molecule has 0 aliphatic rings. The average Bonchev–Trinajstić information content (AvgIpc) is 2.91. The lowest BCUT2D eigenvalue weighted by Crippen LogP contribution is -1.85. The first-order valence-electron chi connectivity index (χ1n) is 6.78. The molecule has 0 saturated carbocycles. The second-order valence-corrected chi connectivity index (χ2v) is 5.07. The van der Waals surface area contributed by atoms with Crippen molar-refractivity contribution in [2.75, 3.05) is 0 Å². The van der Waals surface area contributed by atoms with Crippen molar-refractivity contribution in [2.45, 2.75) is 0 Å². The molecule has 0 unspecified atom stereocenters. The Balaban J connectivity index is 2.14. The lowest BCUT2D eigenvalue weighted by Gasteiger charge is -2.08. The van der Waals surface area contributed by atoms with Crippen molar-refractivity contribution in [3.63, 3.8) is 0 Å². The molecule has 0 amide bonds. The van der Waals surface area contributed by atoms with E-state index in [9.17, 15) is 14.6 Å². The first-order chi connectivity index (χ1) is 10.7. The number of rotatable bonds is 1. The van der Waals surface area contributed by atoms with Gasteiger partial charge >= 0.3 is 0 Å². The van der Waals surface area contributed by atoms with Gasteiger partial charge in [0.2, 0.25) is 5.82 Å². The molecular formula is C18H11FO3. The summed E-state index contributed by atoms with van der Waals surface area (Å²) in [6.07, 6.45) is 0. The predicted octanol–water partition coefficient (Wildman–Crippen LogP) is 4.80. The maximum absolute atomic E-state index is 13.8. The van der Waals surface area contributed by atoms with E-state index in [-0.39, 0.29) is 0 Å². The summed E-state index contributed by atoms with van der Waals surface area (Å²) in [4.78, 5) is 0. The van der Waals surface area contributed by atoms with Gasteiger partial charge in [-0.25, -0.2) is 0 Å². The van der Waals surface area contributed by atoms with Crippen molar-refractivity contribution >= 4 is 21.9 Å². The topological polar surface area (TPSA) is 53.6 Å². The second-order valence-electron chi connectivity index (χ2n) is 5.07. The third-order valence-corrected chi connectivity index (χ3v) is 3.79. The molecule has 0 fully saturated rings. The van der Waals surface area contributed by atoms with Crippen molar-refractivity contribution in [1.29, 1.82) is 0 Å². The van der Waals surface area contributed by atoms with Crippen LogP contribution in [0.15, 0.2) is 59.0 Å². The van der Waals surface area contributed by atoms with Crippen LogP contribution >= 0.6 is 0 Å². The summed E-state index contributed by atoms with van der Waals surface area (Å²) in [5.41, 5.74) is 2.35. The molecule has 3 aromatic carbocycles. The van der Waals surface area contributed by atoms with Crippen molar-refractivity contribution in [3.8, 4) is 22.6 Å². The molecule has 0 aliphatic heterocycles. The SMILES string of the molecule is Oc1ccc(-c2cccc3oc4ccccc4c23)c(O)c1F. The normalized spacial score (nSPS) is 11.3. The molecule has 2 N–H and O–H groups in total. The van der Waals surface area contributed by atoms with E-state index in [1.165, 1.54) is 12.1 Å². The van der Waals surface area contributed by atoms with Gasteiger partial charge in [-0.15, -0.1) is 0 Å². The molecule has 4 heteroatoms. The van der Waals surface area contributed by atoms with Gasteiger partial charge in [0.25, 0.3) is 0 Å². The van der Waals surface area contributed by atoms with Crippen LogP contribution in [0.4, 0.5) is 4.39 Å². The standard InChI is InChI=1S/C18H11FO3/c19-17-13(20)9-8-11(18(17)21)10-5-3-7-15-16(10)12-4-1-2-6-14(12)22-15/h1-9,20-21H. The minimum Gasteiger partial charge on any atom is -0.505 e. The average molecular weight is 294 g/mol. The van der Waals surface area contributed by atoms with E-state index < -0.39 is 17.3 Å². The summed E-state index contributed by atoms with van der Waals surface area (Å²) in [5, 5.41) is 21.1. The molecule has 0 radical (unpaired) electrons. The van der Waals surface area contributed by atoms with Gasteiger partial charge in [0.15, 0.2) is 11.5 Å². The van der Waals surface area contributed by atoms with E-state index in [0.717, 1.165) is 16.4 Å². The summed E-state index contributed by atoms with van der Waals surface area (Å²) >= 11 is 0. The number of halogens is 1. The van der Waals surface area contributed by atoms with Gasteiger partial charge in [0.1, 0.15) is 11.2 Å². The Hall–Kier alpha value is -3.01. The van der Waals surface area contributed by atoms with Crippen LogP contribution in [0.25, 0.3) is 33.1 Å². The van der Waals surface area contributed by atoms with Crippen LogP contribution in [0, 0.1) is 5.82 Å². The highest BCUT2D eigenvalue weighted by Crippen LogP contribution is 2.41. The number of para-hydroxylation sites is 1. The van der Waals surface area contributed by atoms with E-state index in [0.29, 0.717) is 16.7 Å². The highest BCUT2D eigenvalue weighted by Gasteiger charge is 2.17. The number of phenols is 2. The lowest BCUT2D eigenvalue weighted by atomic mass is 9.98. The fourth-order valence-corrected chi connectivity index (χ4v) is 2.77. The number of benzene rings is 3. The molecule has 22 heavy (non-hydrogen) atoms. The lowest BCUT2D eigenvalue weighted by molar-refractivity contribution is 0.390. The highest BCUT2D eigenvalue weighted by molar-refractivity contribution is 6.12. The van der Waals surface area contributed by atoms with Gasteiger partial charge in [-0.05, 0) is 29.8 Å². The molecule has 4 rings (SSSR count). The van der Waals surface area contributed by atoms with Crippen LogP contribution in [-0.2, 0) is 0 Å². The number of hydrogen-bond acceptors (Lipinski definition) is 3. The minimum atomic E-state index is -1.03. The van der Waals surface area contributed by atoms with Crippen LogP contribution < -0.4 is 0 Å². The molecule has 0 aliphatic carbocycles. The van der Waals surface area contributed by atoms with Crippen LogP contribution in [0.1, 0.15) is 0 Å². The molecule has 3 nitrogen and oxygen atoms in total. The zero-order valence-corrected chi connectivity index (χ0v) is 11.4. The third-order valence-electron chi connectivity index (χ3n) is 3.79. The van der Waals surface area contributed by atoms with E-state index in [4.69, 9.17) is 4.42 Å². The number of aromatic hydroxyl groups is 2. The Labute approximate surface area is 124 Å². The molecule has 0 spiro atoms. The van der Waals surface area contributed by atoms with Crippen molar-refractivity contribution in [2.24, 2.45) is 0 Å². The maximum atomic E-state index is 13.8. The molecule has 108 valence electrons. The molecule has 0 bridgehead atoms. The van der Waals surface area contributed by atoms with Gasteiger partial charge in [0.05, 0.1) is 0 Å². The summed E-state index contributed by atoms with van der Waals surface area (Å²) in [6.45, 7) is 0. The van der Waals surface area contributed by atoms with E-state index in [1.54, 1.807) is 12.1 Å². The summed E-state index contributed by atoms with van der Waals surface area (Å²) in [5.74, 6) is -2.18. The highest BCUT2D eigenvalue weighted by atomic mass is 19.1. The molecule has 1 aromatic heterocycles. The Kier molecular flexibility index (Phi) is 2.60. The zero-order valence-electron chi connectivity index (χ0n) is 11.4. The largest absolute Gasteiger partial charge is 0.505 e. The summed E-state index contributed by atoms with van der Waals surface area (Å²) in [7, 11) is 0. The fraction of sp³-hybridized carbons (Fsp3) is 0. The monoisotopic (exact) mass is 294 g/mol. The van der Waals surface area contributed by atoms with Gasteiger partial charge in [0, 0.05) is 16.3 Å². The zero-order chi connectivity index (χ0) is 15.3. The van der Waals surface area contributed by atoms with Crippen LogP contribution in [-0.4, -0.2) is 10.2 Å². The molecule has 0 atom stereocenters. The smallest absolute Gasteiger partial charge is 0.206 e. The van der Waals surface area contributed by atoms with Crippen molar-refractivity contribution in [3.05, 3.63) is 60.4 Å². The van der Waals surface area contributed by atoms with Crippen LogP contribution in [0.5, 0.6) is 11.5 Å². The second kappa shape index (κ2) is 4.49. The van der Waals surface area contributed by atoms with Gasteiger partial charge in [-0.1, -0.05) is 30.3 Å². The van der Waals surface area contributed by atoms with Crippen LogP contribution in [0.2, 0.25) is 0 Å². The Bertz CT molecular complexity index is 1020. The third kappa shape index (κ3) is 1.67. The Morgan fingerprint density at radius 2 is 1.55 bits per heavy atom. The number of phenolic OH excluding ortho intramolecular Hbond substituents is 2. The first kappa shape index (κ1) is 12.7. The van der Waals surface area contributed by atoms with E-state index in [2.05, 4.69) is 0 Å². The number of furan rings is 1. The molecule has 1 heterocycles. The van der Waals surface area contributed by atoms with Gasteiger partial charge in [-0.2, -0.15) is 4.39 Å². The Morgan fingerprint density at radius 1 is 0.773 bits per heavy atom. The molecule has 0 saturated heterocycles. The van der Waals surface area contributed by atoms with Crippen LogP contribution in [0.3, 0.4) is 0 Å². The molecular weight excluding hydrogens is 283 g/mol. The fourth-order valence-electron chi connectivity index (χ4n) is 2.77. The van der Waals surface area contributed by atoms with Crippen molar-refractivity contribution < 1.29 is 19.0 Å². The predicted molar refractivity (Wildman–Crippen MR) is 82.4 cm³/mol. The van der Waals surface area contributed by atoms with E-state index in [1.807, 2.05) is 30.3 Å². The maximum Gasteiger partial charge on any atom is 0.206 e. The number of fused-ring (bicyclic) bond motifs is 3. The summed E-state index contributed by atoms with van der Waals surface area (Å²) < 4.78 is 19.6. The van der Waals surface area contributed by atoms with Gasteiger partial charge < -0.3 is 14.6 Å². The molecule has 4 aromatic rings. The van der Waals surface area contributed by atoms with Crippen molar-refractivity contribution in [1.82, 2.24) is 0 Å². The van der Waals surface area contributed by atoms with E-state index >= 15 is 0 Å². The quantitative estimate of drug-likeness (QED) is 0.530. The minimum absolute atomic E-state index is 0.312. The number of hydrogen-bond donors (Lipinski definition) is 2. The van der Waals surface area contributed by atoms with Gasteiger partial charge in [-0.3, -0.25) is 0 Å². The summed E-state index contributed by atoms with van der Waals surface area (Å²) in [6, 6.07) is 15.7.